The number of anilines is 2. The first-order valence-electron chi connectivity index (χ1n) is 8.77. The van der Waals surface area contributed by atoms with E-state index < -0.39 is 0 Å². The van der Waals surface area contributed by atoms with Crippen molar-refractivity contribution < 1.29 is 14.3 Å². The second-order valence-electron chi connectivity index (χ2n) is 5.81. The molecule has 2 aromatic carbocycles. The topological polar surface area (TPSA) is 76.8 Å². The van der Waals surface area contributed by atoms with Crippen molar-refractivity contribution in [2.45, 2.75) is 13.8 Å². The molecular weight excluding hydrogens is 330 g/mol. The number of amides is 1. The lowest BCUT2D eigenvalue weighted by molar-refractivity contribution is 0.102. The van der Waals surface area contributed by atoms with E-state index in [1.54, 1.807) is 49.6 Å². The Bertz CT molecular complexity index is 713. The number of rotatable bonds is 9. The van der Waals surface area contributed by atoms with E-state index >= 15 is 0 Å². The fraction of sp³-hybridized carbons (Fsp3) is 0.350. The van der Waals surface area contributed by atoms with Crippen molar-refractivity contribution in [1.82, 2.24) is 4.90 Å². The molecule has 0 spiro atoms. The fourth-order valence-corrected chi connectivity index (χ4v) is 2.50. The molecule has 0 aliphatic rings. The number of benzene rings is 2. The average molecular weight is 357 g/mol. The number of methoxy groups -OCH3 is 1. The summed E-state index contributed by atoms with van der Waals surface area (Å²) in [6, 6.07) is 12.2. The third-order valence-corrected chi connectivity index (χ3v) is 4.20. The predicted molar refractivity (Wildman–Crippen MR) is 105 cm³/mol. The maximum atomic E-state index is 12.4. The number of likely N-dealkylation sites (N-methyl/N-ethyl adjacent to an activating group) is 1. The fourth-order valence-electron chi connectivity index (χ4n) is 2.50. The van der Waals surface area contributed by atoms with Gasteiger partial charge in [0.1, 0.15) is 18.1 Å². The second kappa shape index (κ2) is 9.68. The highest BCUT2D eigenvalue weighted by Gasteiger charge is 2.09. The van der Waals surface area contributed by atoms with E-state index in [-0.39, 0.29) is 5.91 Å². The second-order valence-corrected chi connectivity index (χ2v) is 5.81. The SMILES string of the molecule is CCN(CC)CCOc1ccc(C(=O)Nc2cc(OC)ccc2N)cc1. The number of carbonyl (C=O) groups is 1. The Balaban J connectivity index is 1.94. The predicted octanol–water partition coefficient (Wildman–Crippen LogP) is 3.25. The van der Waals surface area contributed by atoms with Gasteiger partial charge in [-0.05, 0) is 49.5 Å². The van der Waals surface area contributed by atoms with Crippen molar-refractivity contribution in [3.63, 3.8) is 0 Å². The van der Waals surface area contributed by atoms with Crippen molar-refractivity contribution in [2.24, 2.45) is 0 Å². The van der Waals surface area contributed by atoms with E-state index in [2.05, 4.69) is 24.1 Å². The number of carbonyl (C=O) groups excluding carboxylic acids is 1. The highest BCUT2D eigenvalue weighted by atomic mass is 16.5. The maximum Gasteiger partial charge on any atom is 0.255 e. The van der Waals surface area contributed by atoms with Gasteiger partial charge in [-0.3, -0.25) is 4.79 Å². The number of nitrogens with zero attached hydrogens (tertiary/aromatic N) is 1. The van der Waals surface area contributed by atoms with Gasteiger partial charge in [0, 0.05) is 18.2 Å². The van der Waals surface area contributed by atoms with Crippen LogP contribution in [0.1, 0.15) is 24.2 Å². The molecule has 0 bridgehead atoms. The van der Waals surface area contributed by atoms with Crippen molar-refractivity contribution in [1.29, 1.82) is 0 Å². The molecule has 0 aromatic heterocycles. The van der Waals surface area contributed by atoms with Gasteiger partial charge in [-0.1, -0.05) is 13.8 Å². The first-order valence-corrected chi connectivity index (χ1v) is 8.77. The van der Waals surface area contributed by atoms with Crippen LogP contribution in [0.5, 0.6) is 11.5 Å². The molecule has 0 fully saturated rings. The lowest BCUT2D eigenvalue weighted by Crippen LogP contribution is -2.27. The molecule has 0 radical (unpaired) electrons. The Morgan fingerprint density at radius 2 is 1.73 bits per heavy atom. The number of nitrogens with one attached hydrogen (secondary N) is 1. The normalized spacial score (nSPS) is 10.6. The van der Waals surface area contributed by atoms with Crippen LogP contribution in [0.4, 0.5) is 11.4 Å². The Morgan fingerprint density at radius 3 is 2.35 bits per heavy atom. The zero-order chi connectivity index (χ0) is 18.9. The summed E-state index contributed by atoms with van der Waals surface area (Å²) >= 11 is 0. The minimum absolute atomic E-state index is 0.236. The minimum Gasteiger partial charge on any atom is -0.497 e. The van der Waals surface area contributed by atoms with Crippen LogP contribution in [-0.2, 0) is 0 Å². The Morgan fingerprint density at radius 1 is 1.08 bits per heavy atom. The summed E-state index contributed by atoms with van der Waals surface area (Å²) < 4.78 is 10.9. The molecule has 2 rings (SSSR count). The van der Waals surface area contributed by atoms with E-state index in [9.17, 15) is 4.79 Å². The van der Waals surface area contributed by atoms with E-state index in [4.69, 9.17) is 15.2 Å². The first-order chi connectivity index (χ1) is 12.6. The monoisotopic (exact) mass is 357 g/mol. The molecule has 1 amide bonds. The lowest BCUT2D eigenvalue weighted by atomic mass is 10.2. The smallest absolute Gasteiger partial charge is 0.255 e. The van der Waals surface area contributed by atoms with Crippen LogP contribution < -0.4 is 20.5 Å². The van der Waals surface area contributed by atoms with Gasteiger partial charge < -0.3 is 25.4 Å². The summed E-state index contributed by atoms with van der Waals surface area (Å²) in [5, 5.41) is 2.80. The minimum atomic E-state index is -0.236. The largest absolute Gasteiger partial charge is 0.497 e. The van der Waals surface area contributed by atoms with Crippen LogP contribution >= 0.6 is 0 Å². The summed E-state index contributed by atoms with van der Waals surface area (Å²) in [4.78, 5) is 14.7. The Kier molecular flexibility index (Phi) is 7.29. The summed E-state index contributed by atoms with van der Waals surface area (Å²) in [7, 11) is 1.57. The van der Waals surface area contributed by atoms with Gasteiger partial charge in [0.25, 0.3) is 5.91 Å². The first kappa shape index (κ1) is 19.6. The molecule has 0 unspecified atom stereocenters. The van der Waals surface area contributed by atoms with Crippen molar-refractivity contribution in [2.75, 3.05) is 44.4 Å². The summed E-state index contributed by atoms with van der Waals surface area (Å²) in [5.74, 6) is 1.14. The van der Waals surface area contributed by atoms with Crippen molar-refractivity contribution >= 4 is 17.3 Å². The zero-order valence-electron chi connectivity index (χ0n) is 15.6. The van der Waals surface area contributed by atoms with Crippen LogP contribution in [0.25, 0.3) is 0 Å². The molecule has 140 valence electrons. The summed E-state index contributed by atoms with van der Waals surface area (Å²) in [5.41, 5.74) is 7.44. The molecule has 3 N–H and O–H groups in total. The number of nitrogen functional groups attached to an aromatic ring is 1. The maximum absolute atomic E-state index is 12.4. The quantitative estimate of drug-likeness (QED) is 0.674. The molecule has 0 aliphatic carbocycles. The van der Waals surface area contributed by atoms with Gasteiger partial charge in [0.2, 0.25) is 0 Å². The zero-order valence-corrected chi connectivity index (χ0v) is 15.6. The summed E-state index contributed by atoms with van der Waals surface area (Å²) in [6.45, 7) is 7.77. The van der Waals surface area contributed by atoms with Crippen molar-refractivity contribution in [3.05, 3.63) is 48.0 Å². The van der Waals surface area contributed by atoms with Gasteiger partial charge in [-0.2, -0.15) is 0 Å². The van der Waals surface area contributed by atoms with Crippen LogP contribution in [-0.4, -0.2) is 44.2 Å². The molecule has 6 heteroatoms. The van der Waals surface area contributed by atoms with Gasteiger partial charge >= 0.3 is 0 Å². The van der Waals surface area contributed by atoms with Crippen LogP contribution in [0.3, 0.4) is 0 Å². The number of ether oxygens (including phenoxy) is 2. The molecule has 2 aromatic rings. The molecule has 0 aliphatic heterocycles. The number of hydrogen-bond donors (Lipinski definition) is 2. The molecule has 0 atom stereocenters. The standard InChI is InChI=1S/C20H27N3O3/c1-4-23(5-2)12-13-26-16-8-6-15(7-9-16)20(24)22-19-14-17(25-3)10-11-18(19)21/h6-11,14H,4-5,12-13,21H2,1-3H3,(H,22,24). The Hall–Kier alpha value is -2.73. The average Bonchev–Trinajstić information content (AvgIpc) is 2.67. The Labute approximate surface area is 154 Å². The highest BCUT2D eigenvalue weighted by molar-refractivity contribution is 6.05. The van der Waals surface area contributed by atoms with Gasteiger partial charge in [-0.25, -0.2) is 0 Å². The molecule has 0 saturated carbocycles. The van der Waals surface area contributed by atoms with Crippen molar-refractivity contribution in [3.8, 4) is 11.5 Å². The highest BCUT2D eigenvalue weighted by Crippen LogP contribution is 2.25. The molecule has 0 saturated heterocycles. The third-order valence-electron chi connectivity index (χ3n) is 4.20. The number of hydrogen-bond acceptors (Lipinski definition) is 5. The van der Waals surface area contributed by atoms with Gasteiger partial charge in [-0.15, -0.1) is 0 Å². The molecular formula is C20H27N3O3. The van der Waals surface area contributed by atoms with Crippen LogP contribution in [0.15, 0.2) is 42.5 Å². The van der Waals surface area contributed by atoms with Crippen LogP contribution in [0.2, 0.25) is 0 Å². The van der Waals surface area contributed by atoms with Gasteiger partial charge in [0.05, 0.1) is 18.5 Å². The third kappa shape index (κ3) is 5.39. The number of nitrogens with two attached hydrogens (primary N) is 1. The van der Waals surface area contributed by atoms with Crippen LogP contribution in [0, 0.1) is 0 Å². The molecule has 6 nitrogen and oxygen atoms in total. The molecule has 26 heavy (non-hydrogen) atoms. The molecule has 0 heterocycles. The van der Waals surface area contributed by atoms with E-state index in [1.165, 1.54) is 0 Å². The van der Waals surface area contributed by atoms with E-state index in [0.29, 0.717) is 29.3 Å². The van der Waals surface area contributed by atoms with E-state index in [1.807, 2.05) is 0 Å². The summed E-state index contributed by atoms with van der Waals surface area (Å²) in [6.07, 6.45) is 0. The van der Waals surface area contributed by atoms with E-state index in [0.717, 1.165) is 25.4 Å². The van der Waals surface area contributed by atoms with Gasteiger partial charge in [0.15, 0.2) is 0 Å². The lowest BCUT2D eigenvalue weighted by Gasteiger charge is -2.18.